The van der Waals surface area contributed by atoms with Crippen molar-refractivity contribution in [3.05, 3.63) is 33.8 Å². The van der Waals surface area contributed by atoms with Gasteiger partial charge in [-0.15, -0.1) is 0 Å². The molecule has 1 aliphatic heterocycles. The molecule has 1 aromatic rings. The van der Waals surface area contributed by atoms with Gasteiger partial charge in [0.1, 0.15) is 11.6 Å². The highest BCUT2D eigenvalue weighted by Gasteiger charge is 2.33. The summed E-state index contributed by atoms with van der Waals surface area (Å²) in [7, 11) is 0. The lowest BCUT2D eigenvalue weighted by molar-refractivity contribution is 0.0570. The number of hydrogen-bond acceptors (Lipinski definition) is 2. The van der Waals surface area contributed by atoms with E-state index >= 15 is 0 Å². The van der Waals surface area contributed by atoms with Crippen LogP contribution in [0.3, 0.4) is 0 Å². The van der Waals surface area contributed by atoms with Crippen molar-refractivity contribution in [3.8, 4) is 6.07 Å². The van der Waals surface area contributed by atoms with Gasteiger partial charge in [0.25, 0.3) is 5.91 Å². The Morgan fingerprint density at radius 2 is 2.00 bits per heavy atom. The van der Waals surface area contributed by atoms with Crippen LogP contribution in [0.15, 0.2) is 16.6 Å². The Kier molecular flexibility index (Phi) is 3.11. The van der Waals surface area contributed by atoms with Crippen LogP contribution < -0.4 is 0 Å². The Bertz CT molecular complexity index is 521. The molecular weight excluding hydrogens is 294 g/mol. The quantitative estimate of drug-likeness (QED) is 0.747. The van der Waals surface area contributed by atoms with Gasteiger partial charge in [-0.1, -0.05) is 0 Å². The summed E-state index contributed by atoms with van der Waals surface area (Å²) in [5.74, 6) is -2.27. The standard InChI is InChI=1S/C11H7BrF2N2O/c12-10-8(14)2-1-7(13)9(10)11(17)16-4-6(3-15)5-16/h1-2,6H,4-5H2. The maximum atomic E-state index is 13.5. The van der Waals surface area contributed by atoms with E-state index in [1.54, 1.807) is 0 Å². The van der Waals surface area contributed by atoms with Crippen LogP contribution in [0.5, 0.6) is 0 Å². The predicted molar refractivity (Wildman–Crippen MR) is 59.1 cm³/mol. The molecule has 1 fully saturated rings. The summed E-state index contributed by atoms with van der Waals surface area (Å²) in [5.41, 5.74) is -0.318. The number of likely N-dealkylation sites (tertiary alicyclic amines) is 1. The van der Waals surface area contributed by atoms with Gasteiger partial charge in [0, 0.05) is 13.1 Å². The van der Waals surface area contributed by atoms with Crippen molar-refractivity contribution in [3.63, 3.8) is 0 Å². The van der Waals surface area contributed by atoms with Gasteiger partial charge in [0.2, 0.25) is 0 Å². The Balaban J connectivity index is 2.27. The van der Waals surface area contributed by atoms with E-state index in [1.165, 1.54) is 4.90 Å². The maximum Gasteiger partial charge on any atom is 0.258 e. The van der Waals surface area contributed by atoms with E-state index < -0.39 is 17.5 Å². The molecular formula is C11H7BrF2N2O. The number of halogens is 3. The van der Waals surface area contributed by atoms with Gasteiger partial charge in [-0.3, -0.25) is 4.79 Å². The smallest absolute Gasteiger partial charge is 0.258 e. The van der Waals surface area contributed by atoms with Gasteiger partial charge in [-0.25, -0.2) is 8.78 Å². The number of rotatable bonds is 1. The molecule has 1 amide bonds. The molecule has 6 heteroatoms. The van der Waals surface area contributed by atoms with E-state index in [2.05, 4.69) is 15.9 Å². The first-order valence-corrected chi connectivity index (χ1v) is 5.66. The molecule has 2 rings (SSSR count). The number of carbonyl (C=O) groups is 1. The first kappa shape index (κ1) is 12.0. The van der Waals surface area contributed by atoms with Crippen molar-refractivity contribution < 1.29 is 13.6 Å². The second-order valence-electron chi connectivity index (χ2n) is 3.75. The largest absolute Gasteiger partial charge is 0.336 e. The molecule has 1 aliphatic rings. The maximum absolute atomic E-state index is 13.5. The highest BCUT2D eigenvalue weighted by Crippen LogP contribution is 2.27. The summed E-state index contributed by atoms with van der Waals surface area (Å²) in [6.07, 6.45) is 0. The summed E-state index contributed by atoms with van der Waals surface area (Å²) in [6, 6.07) is 3.87. The number of nitriles is 1. The van der Waals surface area contributed by atoms with Crippen LogP contribution in [0, 0.1) is 28.9 Å². The van der Waals surface area contributed by atoms with Gasteiger partial charge in [0.15, 0.2) is 0 Å². The number of amides is 1. The average molecular weight is 301 g/mol. The van der Waals surface area contributed by atoms with Crippen LogP contribution in [0.1, 0.15) is 10.4 Å². The van der Waals surface area contributed by atoms with Gasteiger partial charge in [-0.2, -0.15) is 5.26 Å². The minimum Gasteiger partial charge on any atom is -0.336 e. The summed E-state index contributed by atoms with van der Waals surface area (Å²) in [5, 5.41) is 8.58. The van der Waals surface area contributed by atoms with Gasteiger partial charge >= 0.3 is 0 Å². The molecule has 0 spiro atoms. The number of nitrogens with zero attached hydrogens (tertiary/aromatic N) is 2. The van der Waals surface area contributed by atoms with Gasteiger partial charge in [-0.05, 0) is 28.1 Å². The molecule has 0 saturated carbocycles. The van der Waals surface area contributed by atoms with Crippen LogP contribution in [0.25, 0.3) is 0 Å². The molecule has 0 N–H and O–H groups in total. The Morgan fingerprint density at radius 3 is 2.59 bits per heavy atom. The van der Waals surface area contributed by atoms with Crippen molar-refractivity contribution >= 4 is 21.8 Å². The lowest BCUT2D eigenvalue weighted by Crippen LogP contribution is -2.49. The van der Waals surface area contributed by atoms with Crippen molar-refractivity contribution in [2.45, 2.75) is 0 Å². The fraction of sp³-hybridized carbons (Fsp3) is 0.273. The molecule has 0 aliphatic carbocycles. The summed E-state index contributed by atoms with van der Waals surface area (Å²) < 4.78 is 26.5. The normalized spacial score (nSPS) is 15.3. The summed E-state index contributed by atoms with van der Waals surface area (Å²) in [6.45, 7) is 0.523. The SMILES string of the molecule is N#CC1CN(C(=O)c2c(F)ccc(F)c2Br)C1. The molecule has 3 nitrogen and oxygen atoms in total. The molecule has 0 atom stereocenters. The Morgan fingerprint density at radius 1 is 1.41 bits per heavy atom. The van der Waals surface area contributed by atoms with Crippen molar-refractivity contribution in [2.75, 3.05) is 13.1 Å². The van der Waals surface area contributed by atoms with E-state index in [9.17, 15) is 13.6 Å². The monoisotopic (exact) mass is 300 g/mol. The van der Waals surface area contributed by atoms with E-state index in [4.69, 9.17) is 5.26 Å². The highest BCUT2D eigenvalue weighted by molar-refractivity contribution is 9.10. The second-order valence-corrected chi connectivity index (χ2v) is 4.55. The third-order valence-electron chi connectivity index (χ3n) is 2.61. The summed E-state index contributed by atoms with van der Waals surface area (Å²) in [4.78, 5) is 13.2. The number of carbonyl (C=O) groups excluding carboxylic acids is 1. The molecule has 1 heterocycles. The first-order chi connectivity index (χ1) is 8.04. The van der Waals surface area contributed by atoms with Crippen molar-refractivity contribution in [1.82, 2.24) is 4.90 Å². The van der Waals surface area contributed by atoms with E-state index in [0.29, 0.717) is 0 Å². The number of benzene rings is 1. The molecule has 88 valence electrons. The van der Waals surface area contributed by atoms with Crippen LogP contribution in [-0.2, 0) is 0 Å². The van der Waals surface area contributed by atoms with E-state index in [0.717, 1.165) is 12.1 Å². The first-order valence-electron chi connectivity index (χ1n) is 4.87. The zero-order chi connectivity index (χ0) is 12.6. The van der Waals surface area contributed by atoms with Crippen molar-refractivity contribution in [1.29, 1.82) is 5.26 Å². The number of hydrogen-bond donors (Lipinski definition) is 0. The predicted octanol–water partition coefficient (Wildman–Crippen LogP) is 2.32. The van der Waals surface area contributed by atoms with Gasteiger partial charge in [0.05, 0.1) is 22.0 Å². The Labute approximate surface area is 105 Å². The minimum atomic E-state index is -0.774. The molecule has 0 radical (unpaired) electrons. The third-order valence-corrected chi connectivity index (χ3v) is 3.38. The lowest BCUT2D eigenvalue weighted by atomic mass is 10.0. The average Bonchev–Trinajstić information content (AvgIpc) is 2.23. The molecule has 0 bridgehead atoms. The molecule has 0 aromatic heterocycles. The zero-order valence-electron chi connectivity index (χ0n) is 8.58. The topological polar surface area (TPSA) is 44.1 Å². The lowest BCUT2D eigenvalue weighted by Gasteiger charge is -2.35. The second kappa shape index (κ2) is 4.41. The zero-order valence-corrected chi connectivity index (χ0v) is 10.2. The fourth-order valence-corrected chi connectivity index (χ4v) is 2.10. The Hall–Kier alpha value is -1.48. The summed E-state index contributed by atoms with van der Waals surface area (Å²) >= 11 is 2.86. The fourth-order valence-electron chi connectivity index (χ4n) is 1.61. The molecule has 0 unspecified atom stereocenters. The van der Waals surface area contributed by atoms with Crippen LogP contribution in [-0.4, -0.2) is 23.9 Å². The van der Waals surface area contributed by atoms with Crippen LogP contribution in [0.2, 0.25) is 0 Å². The van der Waals surface area contributed by atoms with E-state index in [1.807, 2.05) is 6.07 Å². The van der Waals surface area contributed by atoms with E-state index in [-0.39, 0.29) is 29.0 Å². The highest BCUT2D eigenvalue weighted by atomic mass is 79.9. The van der Waals surface area contributed by atoms with Gasteiger partial charge < -0.3 is 4.90 Å². The third kappa shape index (κ3) is 2.03. The van der Waals surface area contributed by atoms with Crippen molar-refractivity contribution in [2.24, 2.45) is 5.92 Å². The van der Waals surface area contributed by atoms with Crippen LogP contribution >= 0.6 is 15.9 Å². The minimum absolute atomic E-state index is 0.178. The molecule has 17 heavy (non-hydrogen) atoms. The van der Waals surface area contributed by atoms with Crippen LogP contribution in [0.4, 0.5) is 8.78 Å². The molecule has 1 saturated heterocycles. The molecule has 1 aromatic carbocycles.